The number of nitrogens with one attached hydrogen (secondary N) is 2. The van der Waals surface area contributed by atoms with Gasteiger partial charge in [0.2, 0.25) is 5.91 Å². The summed E-state index contributed by atoms with van der Waals surface area (Å²) in [6.45, 7) is 3.72. The lowest BCUT2D eigenvalue weighted by Crippen LogP contribution is -2.54. The first-order chi connectivity index (χ1) is 15.9. The van der Waals surface area contributed by atoms with Gasteiger partial charge in [0.1, 0.15) is 6.04 Å². The zero-order chi connectivity index (χ0) is 23.8. The third kappa shape index (κ3) is 6.79. The highest BCUT2D eigenvalue weighted by Crippen LogP contribution is 2.23. The van der Waals surface area contributed by atoms with Gasteiger partial charge in [0.05, 0.1) is 6.61 Å². The summed E-state index contributed by atoms with van der Waals surface area (Å²) in [4.78, 5) is 40.4. The van der Waals surface area contributed by atoms with Gasteiger partial charge < -0.3 is 20.3 Å². The van der Waals surface area contributed by atoms with Crippen molar-refractivity contribution in [2.24, 2.45) is 5.92 Å². The smallest absolute Gasteiger partial charge is 0.253 e. The summed E-state index contributed by atoms with van der Waals surface area (Å²) in [6.07, 6.45) is 1.21. The Labute approximate surface area is 199 Å². The number of ether oxygens (including phenoxy) is 1. The van der Waals surface area contributed by atoms with Crippen molar-refractivity contribution in [3.63, 3.8) is 0 Å². The number of benzene rings is 2. The normalized spacial score (nSPS) is 15.1. The van der Waals surface area contributed by atoms with Crippen molar-refractivity contribution >= 4 is 29.3 Å². The van der Waals surface area contributed by atoms with Gasteiger partial charge in [-0.05, 0) is 62.1 Å². The maximum Gasteiger partial charge on any atom is 0.253 e. The molecule has 0 spiro atoms. The molecule has 1 saturated heterocycles. The molecule has 33 heavy (non-hydrogen) atoms. The van der Waals surface area contributed by atoms with Gasteiger partial charge in [0.15, 0.2) is 0 Å². The largest absolute Gasteiger partial charge is 0.383 e. The molecule has 3 amide bonds. The Morgan fingerprint density at radius 2 is 1.64 bits per heavy atom. The van der Waals surface area contributed by atoms with E-state index >= 15 is 0 Å². The van der Waals surface area contributed by atoms with Crippen molar-refractivity contribution in [3.8, 4) is 0 Å². The van der Waals surface area contributed by atoms with Crippen molar-refractivity contribution in [1.29, 1.82) is 0 Å². The fraction of sp³-hybridized carbons (Fsp3) is 0.400. The predicted molar refractivity (Wildman–Crippen MR) is 127 cm³/mol. The first-order valence-electron chi connectivity index (χ1n) is 11.1. The van der Waals surface area contributed by atoms with Crippen molar-refractivity contribution in [3.05, 3.63) is 70.2 Å². The van der Waals surface area contributed by atoms with E-state index in [9.17, 15) is 14.4 Å². The number of carbonyl (C=O) groups is 3. The van der Waals surface area contributed by atoms with E-state index in [4.69, 9.17) is 16.3 Å². The van der Waals surface area contributed by atoms with E-state index in [1.54, 1.807) is 48.4 Å². The Balaban J connectivity index is 1.66. The lowest BCUT2D eigenvalue weighted by atomic mass is 9.88. The molecule has 0 aliphatic carbocycles. The van der Waals surface area contributed by atoms with E-state index in [0.29, 0.717) is 55.2 Å². The number of hydrogen-bond acceptors (Lipinski definition) is 4. The fourth-order valence-corrected chi connectivity index (χ4v) is 4.05. The molecule has 1 heterocycles. The van der Waals surface area contributed by atoms with Gasteiger partial charge in [-0.25, -0.2) is 0 Å². The van der Waals surface area contributed by atoms with Crippen LogP contribution in [0.1, 0.15) is 39.1 Å². The average molecular weight is 472 g/mol. The van der Waals surface area contributed by atoms with Crippen LogP contribution in [0, 0.1) is 12.8 Å². The molecule has 2 aromatic rings. The third-order valence-electron chi connectivity index (χ3n) is 5.88. The molecular formula is C25H30ClN3O4. The van der Waals surface area contributed by atoms with E-state index in [-0.39, 0.29) is 23.6 Å². The number of nitrogens with zero attached hydrogens (tertiary/aromatic N) is 1. The molecule has 0 aromatic heterocycles. The van der Waals surface area contributed by atoms with E-state index < -0.39 is 6.04 Å². The van der Waals surface area contributed by atoms with Crippen LogP contribution in [0.3, 0.4) is 0 Å². The molecule has 1 unspecified atom stereocenters. The summed E-state index contributed by atoms with van der Waals surface area (Å²) >= 11 is 5.92. The third-order valence-corrected chi connectivity index (χ3v) is 6.13. The van der Waals surface area contributed by atoms with Gasteiger partial charge in [0, 0.05) is 42.9 Å². The number of halogens is 1. The van der Waals surface area contributed by atoms with Crippen molar-refractivity contribution in [2.75, 3.05) is 33.4 Å². The number of amides is 3. The summed E-state index contributed by atoms with van der Waals surface area (Å²) in [5, 5.41) is 6.34. The number of likely N-dealkylation sites (tertiary alicyclic amines) is 1. The molecule has 1 atom stereocenters. The van der Waals surface area contributed by atoms with Crippen LogP contribution in [-0.4, -0.2) is 62.0 Å². The Kier molecular flexibility index (Phi) is 8.86. The molecule has 0 radical (unpaired) electrons. The van der Waals surface area contributed by atoms with E-state index in [0.717, 1.165) is 5.56 Å². The number of hydrogen-bond donors (Lipinski definition) is 2. The Morgan fingerprint density at radius 3 is 2.24 bits per heavy atom. The van der Waals surface area contributed by atoms with Gasteiger partial charge in [0.25, 0.3) is 11.8 Å². The highest BCUT2D eigenvalue weighted by molar-refractivity contribution is 6.30. The van der Waals surface area contributed by atoms with Crippen LogP contribution >= 0.6 is 11.6 Å². The van der Waals surface area contributed by atoms with Gasteiger partial charge in [-0.15, -0.1) is 0 Å². The molecule has 0 saturated carbocycles. The lowest BCUT2D eigenvalue weighted by molar-refractivity contribution is -0.124. The van der Waals surface area contributed by atoms with Crippen LogP contribution in [0.25, 0.3) is 0 Å². The standard InChI is InChI=1S/C25H30ClN3O4/c1-17-3-5-19(6-4-17)23(30)28-22(24(31)27-13-16-33-2)18-11-14-29(15-12-18)25(32)20-7-9-21(26)10-8-20/h3-10,18,22H,11-16H2,1-2H3,(H,27,31)(H,28,30). The molecule has 7 nitrogen and oxygen atoms in total. The lowest BCUT2D eigenvalue weighted by Gasteiger charge is -2.36. The van der Waals surface area contributed by atoms with E-state index in [1.165, 1.54) is 0 Å². The second-order valence-electron chi connectivity index (χ2n) is 8.24. The zero-order valence-electron chi connectivity index (χ0n) is 19.0. The Morgan fingerprint density at radius 1 is 1.03 bits per heavy atom. The number of piperidine rings is 1. The average Bonchev–Trinajstić information content (AvgIpc) is 2.83. The van der Waals surface area contributed by atoms with E-state index in [2.05, 4.69) is 10.6 Å². The monoisotopic (exact) mass is 471 g/mol. The van der Waals surface area contributed by atoms with Crippen LogP contribution in [0.15, 0.2) is 48.5 Å². The molecule has 3 rings (SSSR count). The highest BCUT2D eigenvalue weighted by Gasteiger charge is 2.34. The molecule has 2 aromatic carbocycles. The van der Waals surface area contributed by atoms with Gasteiger partial charge in [-0.2, -0.15) is 0 Å². The highest BCUT2D eigenvalue weighted by atomic mass is 35.5. The minimum absolute atomic E-state index is 0.0603. The van der Waals surface area contributed by atoms with E-state index in [1.807, 2.05) is 19.1 Å². The molecule has 0 bridgehead atoms. The predicted octanol–water partition coefficient (Wildman–Crippen LogP) is 3.06. The summed E-state index contributed by atoms with van der Waals surface area (Å²) in [7, 11) is 1.57. The second kappa shape index (κ2) is 11.8. The van der Waals surface area contributed by atoms with Gasteiger partial charge >= 0.3 is 0 Å². The first-order valence-corrected chi connectivity index (χ1v) is 11.5. The molecule has 1 aliphatic heterocycles. The van der Waals surface area contributed by atoms with Gasteiger partial charge in [-0.1, -0.05) is 29.3 Å². The number of methoxy groups -OCH3 is 1. The van der Waals surface area contributed by atoms with Crippen LogP contribution in [0.4, 0.5) is 0 Å². The van der Waals surface area contributed by atoms with Crippen molar-refractivity contribution < 1.29 is 19.1 Å². The Bertz CT molecular complexity index is 955. The second-order valence-corrected chi connectivity index (χ2v) is 8.67. The zero-order valence-corrected chi connectivity index (χ0v) is 19.7. The maximum absolute atomic E-state index is 12.9. The van der Waals surface area contributed by atoms with Crippen LogP contribution < -0.4 is 10.6 Å². The summed E-state index contributed by atoms with van der Waals surface area (Å²) in [5.41, 5.74) is 2.14. The fourth-order valence-electron chi connectivity index (χ4n) is 3.92. The minimum atomic E-state index is -0.691. The van der Waals surface area contributed by atoms with Crippen molar-refractivity contribution in [2.45, 2.75) is 25.8 Å². The number of carbonyl (C=O) groups excluding carboxylic acids is 3. The number of aryl methyl sites for hydroxylation is 1. The van der Waals surface area contributed by atoms with Crippen LogP contribution in [0.2, 0.25) is 5.02 Å². The van der Waals surface area contributed by atoms with Crippen LogP contribution in [-0.2, 0) is 9.53 Å². The molecule has 8 heteroatoms. The number of rotatable bonds is 8. The molecule has 1 aliphatic rings. The SMILES string of the molecule is COCCNC(=O)C(NC(=O)c1ccc(C)cc1)C1CCN(C(=O)c2ccc(Cl)cc2)CC1. The topological polar surface area (TPSA) is 87.7 Å². The summed E-state index contributed by atoms with van der Waals surface area (Å²) in [6, 6.07) is 13.4. The first kappa shape index (κ1) is 24.7. The summed E-state index contributed by atoms with van der Waals surface area (Å²) in [5.74, 6) is -0.678. The molecule has 1 fully saturated rings. The summed E-state index contributed by atoms with van der Waals surface area (Å²) < 4.78 is 5.01. The molecular weight excluding hydrogens is 442 g/mol. The Hall–Kier alpha value is -2.90. The quantitative estimate of drug-likeness (QED) is 0.579. The molecule has 2 N–H and O–H groups in total. The van der Waals surface area contributed by atoms with Crippen molar-refractivity contribution in [1.82, 2.24) is 15.5 Å². The minimum Gasteiger partial charge on any atom is -0.383 e. The maximum atomic E-state index is 12.9. The van der Waals surface area contributed by atoms with Crippen LogP contribution in [0.5, 0.6) is 0 Å². The molecule has 176 valence electrons. The van der Waals surface area contributed by atoms with Gasteiger partial charge in [-0.3, -0.25) is 14.4 Å².